The van der Waals surface area contributed by atoms with Crippen LogP contribution in [0.25, 0.3) is 0 Å². The topological polar surface area (TPSA) is 83.8 Å². The Morgan fingerprint density at radius 2 is 2.08 bits per heavy atom. The number of ether oxygens (including phenoxy) is 1. The van der Waals surface area contributed by atoms with Crippen LogP contribution in [0.15, 0.2) is 23.0 Å². The quantitative estimate of drug-likeness (QED) is 0.836. The van der Waals surface area contributed by atoms with E-state index in [9.17, 15) is 9.59 Å². The molecule has 0 spiro atoms. The number of nitrogens with one attached hydrogen (secondary N) is 2. The highest BCUT2D eigenvalue weighted by Gasteiger charge is 2.31. The highest BCUT2D eigenvalue weighted by Crippen LogP contribution is 2.15. The van der Waals surface area contributed by atoms with Crippen molar-refractivity contribution < 1.29 is 18.7 Å². The predicted octanol–water partition coefficient (Wildman–Crippen LogP) is 0.799. The van der Waals surface area contributed by atoms with E-state index in [4.69, 9.17) is 9.15 Å². The number of furan rings is 1. The second-order valence-electron chi connectivity index (χ2n) is 6.09. The highest BCUT2D eigenvalue weighted by atomic mass is 35.5. The number of hydrogen-bond acceptors (Lipinski definition) is 5. The Balaban J connectivity index is 0.00000208. The van der Waals surface area contributed by atoms with E-state index in [1.165, 1.54) is 12.5 Å². The third-order valence-electron chi connectivity index (χ3n) is 4.50. The third kappa shape index (κ3) is 4.28. The van der Waals surface area contributed by atoms with Crippen LogP contribution in [0.3, 0.4) is 0 Å². The van der Waals surface area contributed by atoms with E-state index in [0.717, 1.165) is 12.8 Å². The molecule has 2 aliphatic heterocycles. The van der Waals surface area contributed by atoms with Gasteiger partial charge in [-0.2, -0.15) is 0 Å². The maximum atomic E-state index is 12.3. The standard InChI is InChI=1S/C16H23N3O4.ClH/c1-11-14(17-5-9-23-11)15(20)18-13-2-6-19(7-3-13)16(21)12-4-8-22-10-12;/h4,8,10-11,13-14,17H,2-3,5-7,9H2,1H3,(H,18,20);1H/t11-,14+;/m1./s1. The second kappa shape index (κ2) is 8.50. The number of halogens is 1. The molecular formula is C16H24ClN3O4. The molecule has 0 saturated carbocycles. The van der Waals surface area contributed by atoms with Gasteiger partial charge in [0.25, 0.3) is 5.91 Å². The largest absolute Gasteiger partial charge is 0.472 e. The van der Waals surface area contributed by atoms with Crippen LogP contribution in [0, 0.1) is 0 Å². The van der Waals surface area contributed by atoms with Gasteiger partial charge in [-0.1, -0.05) is 0 Å². The van der Waals surface area contributed by atoms with Gasteiger partial charge in [0.15, 0.2) is 0 Å². The zero-order chi connectivity index (χ0) is 16.2. The molecule has 2 aliphatic rings. The third-order valence-corrected chi connectivity index (χ3v) is 4.50. The molecular weight excluding hydrogens is 334 g/mol. The normalized spacial score (nSPS) is 25.0. The molecule has 0 aliphatic carbocycles. The Morgan fingerprint density at radius 1 is 1.33 bits per heavy atom. The Bertz CT molecular complexity index is 544. The lowest BCUT2D eigenvalue weighted by molar-refractivity contribution is -0.129. The van der Waals surface area contributed by atoms with Gasteiger partial charge in [0.05, 0.1) is 24.5 Å². The van der Waals surface area contributed by atoms with Gasteiger partial charge in [-0.25, -0.2) is 0 Å². The molecule has 2 saturated heterocycles. The molecule has 2 atom stereocenters. The second-order valence-corrected chi connectivity index (χ2v) is 6.09. The van der Waals surface area contributed by atoms with Crippen LogP contribution in [-0.4, -0.2) is 61.1 Å². The van der Waals surface area contributed by atoms with Crippen LogP contribution in [0.2, 0.25) is 0 Å². The average Bonchev–Trinajstić information content (AvgIpc) is 3.09. The number of rotatable bonds is 3. The number of carbonyl (C=O) groups excluding carboxylic acids is 2. The molecule has 1 aromatic rings. The molecule has 0 bridgehead atoms. The van der Waals surface area contributed by atoms with Gasteiger partial charge in [0, 0.05) is 25.7 Å². The Kier molecular flexibility index (Phi) is 6.65. The van der Waals surface area contributed by atoms with E-state index >= 15 is 0 Å². The van der Waals surface area contributed by atoms with Crippen molar-refractivity contribution in [2.75, 3.05) is 26.2 Å². The molecule has 3 rings (SSSR count). The number of likely N-dealkylation sites (tertiary alicyclic amines) is 1. The first kappa shape index (κ1) is 18.8. The molecule has 3 heterocycles. The van der Waals surface area contributed by atoms with Crippen molar-refractivity contribution in [2.24, 2.45) is 0 Å². The predicted molar refractivity (Wildman–Crippen MR) is 90.2 cm³/mol. The lowest BCUT2D eigenvalue weighted by Crippen LogP contribution is -2.58. The molecule has 0 aromatic carbocycles. The summed E-state index contributed by atoms with van der Waals surface area (Å²) in [5.74, 6) is -0.0312. The van der Waals surface area contributed by atoms with Gasteiger partial charge in [0.2, 0.25) is 5.91 Å². The Hall–Kier alpha value is -1.57. The van der Waals surface area contributed by atoms with Crippen molar-refractivity contribution in [1.29, 1.82) is 0 Å². The summed E-state index contributed by atoms with van der Waals surface area (Å²) < 4.78 is 10.5. The van der Waals surface area contributed by atoms with E-state index in [0.29, 0.717) is 31.8 Å². The van der Waals surface area contributed by atoms with E-state index in [1.54, 1.807) is 11.0 Å². The summed E-state index contributed by atoms with van der Waals surface area (Å²) >= 11 is 0. The molecule has 0 unspecified atom stereocenters. The fourth-order valence-corrected chi connectivity index (χ4v) is 3.11. The summed E-state index contributed by atoms with van der Waals surface area (Å²) in [6, 6.07) is 1.48. The minimum atomic E-state index is -0.297. The van der Waals surface area contributed by atoms with Crippen molar-refractivity contribution in [3.05, 3.63) is 24.2 Å². The van der Waals surface area contributed by atoms with Crippen LogP contribution in [0.4, 0.5) is 0 Å². The molecule has 134 valence electrons. The van der Waals surface area contributed by atoms with Crippen molar-refractivity contribution in [3.63, 3.8) is 0 Å². The van der Waals surface area contributed by atoms with Crippen LogP contribution in [-0.2, 0) is 9.53 Å². The lowest BCUT2D eigenvalue weighted by atomic mass is 10.0. The number of amides is 2. The van der Waals surface area contributed by atoms with Crippen LogP contribution in [0.5, 0.6) is 0 Å². The minimum absolute atomic E-state index is 0. The van der Waals surface area contributed by atoms with E-state index < -0.39 is 0 Å². The number of morpholine rings is 1. The van der Waals surface area contributed by atoms with Gasteiger partial charge < -0.3 is 24.7 Å². The molecule has 24 heavy (non-hydrogen) atoms. The number of piperidine rings is 1. The minimum Gasteiger partial charge on any atom is -0.472 e. The van der Waals surface area contributed by atoms with Crippen molar-refractivity contribution >= 4 is 24.2 Å². The van der Waals surface area contributed by atoms with Crippen LogP contribution in [0.1, 0.15) is 30.1 Å². The van der Waals surface area contributed by atoms with Crippen molar-refractivity contribution in [2.45, 2.75) is 38.0 Å². The van der Waals surface area contributed by atoms with Gasteiger partial charge in [-0.3, -0.25) is 9.59 Å². The summed E-state index contributed by atoms with van der Waals surface area (Å²) in [4.78, 5) is 26.4. The summed E-state index contributed by atoms with van der Waals surface area (Å²) in [7, 11) is 0. The Morgan fingerprint density at radius 3 is 2.71 bits per heavy atom. The van der Waals surface area contributed by atoms with E-state index in [-0.39, 0.29) is 42.4 Å². The monoisotopic (exact) mass is 357 g/mol. The summed E-state index contributed by atoms with van der Waals surface area (Å²) in [6.45, 7) is 4.51. The van der Waals surface area contributed by atoms with Crippen molar-refractivity contribution in [1.82, 2.24) is 15.5 Å². The van der Waals surface area contributed by atoms with Gasteiger partial charge in [-0.05, 0) is 25.8 Å². The fourth-order valence-electron chi connectivity index (χ4n) is 3.11. The van der Waals surface area contributed by atoms with Crippen LogP contribution >= 0.6 is 12.4 Å². The van der Waals surface area contributed by atoms with Crippen LogP contribution < -0.4 is 10.6 Å². The smallest absolute Gasteiger partial charge is 0.257 e. The first-order chi connectivity index (χ1) is 11.1. The molecule has 0 radical (unpaired) electrons. The molecule has 1 aromatic heterocycles. The zero-order valence-corrected chi connectivity index (χ0v) is 14.5. The SMILES string of the molecule is C[C@H]1OCCN[C@@H]1C(=O)NC1CCN(C(=O)c2ccoc2)CC1.Cl. The fraction of sp³-hybridized carbons (Fsp3) is 0.625. The maximum Gasteiger partial charge on any atom is 0.257 e. The lowest BCUT2D eigenvalue weighted by Gasteiger charge is -2.34. The summed E-state index contributed by atoms with van der Waals surface area (Å²) in [5, 5.41) is 6.27. The number of hydrogen-bond donors (Lipinski definition) is 2. The average molecular weight is 358 g/mol. The first-order valence-corrected chi connectivity index (χ1v) is 8.12. The Labute approximate surface area is 147 Å². The highest BCUT2D eigenvalue weighted by molar-refractivity contribution is 5.93. The molecule has 2 N–H and O–H groups in total. The maximum absolute atomic E-state index is 12.3. The summed E-state index contributed by atoms with van der Waals surface area (Å²) in [6.07, 6.45) is 4.37. The zero-order valence-electron chi connectivity index (χ0n) is 13.7. The van der Waals surface area contributed by atoms with E-state index in [1.807, 2.05) is 6.92 Å². The van der Waals surface area contributed by atoms with E-state index in [2.05, 4.69) is 10.6 Å². The molecule has 2 fully saturated rings. The van der Waals surface area contributed by atoms with Gasteiger partial charge >= 0.3 is 0 Å². The molecule has 2 amide bonds. The van der Waals surface area contributed by atoms with Crippen molar-refractivity contribution in [3.8, 4) is 0 Å². The molecule has 7 nitrogen and oxygen atoms in total. The first-order valence-electron chi connectivity index (χ1n) is 8.12. The summed E-state index contributed by atoms with van der Waals surface area (Å²) in [5.41, 5.74) is 0.574. The number of carbonyl (C=O) groups is 2. The van der Waals surface area contributed by atoms with Gasteiger partial charge in [-0.15, -0.1) is 12.4 Å². The number of nitrogens with zero attached hydrogens (tertiary/aromatic N) is 1. The molecule has 8 heteroatoms. The van der Waals surface area contributed by atoms with Gasteiger partial charge in [0.1, 0.15) is 12.3 Å².